The predicted molar refractivity (Wildman–Crippen MR) is 99.0 cm³/mol. The Balaban J connectivity index is 1.58. The number of halogens is 1. The molecule has 27 heavy (non-hydrogen) atoms. The van der Waals surface area contributed by atoms with Gasteiger partial charge in [-0.2, -0.15) is 5.26 Å². The Morgan fingerprint density at radius 2 is 1.89 bits per heavy atom. The number of nitriles is 1. The Kier molecular flexibility index (Phi) is 4.67. The third-order valence-corrected chi connectivity index (χ3v) is 5.92. The van der Waals surface area contributed by atoms with Crippen molar-refractivity contribution in [1.82, 2.24) is 4.90 Å². The number of carbonyl (C=O) groups is 1. The number of rotatable bonds is 4. The number of likely N-dealkylation sites (tertiary alicyclic amines) is 1. The second-order valence-corrected chi connectivity index (χ2v) is 7.32. The second kappa shape index (κ2) is 7.13. The van der Waals surface area contributed by atoms with Crippen LogP contribution in [0.3, 0.4) is 0 Å². The van der Waals surface area contributed by atoms with Crippen LogP contribution in [0, 0.1) is 23.1 Å². The molecule has 3 atom stereocenters. The van der Waals surface area contributed by atoms with Crippen LogP contribution in [0.5, 0.6) is 0 Å². The summed E-state index contributed by atoms with van der Waals surface area (Å²) in [6, 6.07) is 15.3. The predicted octanol–water partition coefficient (Wildman–Crippen LogP) is 3.47. The highest BCUT2D eigenvalue weighted by molar-refractivity contribution is 5.82. The lowest BCUT2D eigenvalue weighted by molar-refractivity contribution is -0.154. The van der Waals surface area contributed by atoms with Gasteiger partial charge in [-0.1, -0.05) is 48.9 Å². The fourth-order valence-corrected chi connectivity index (χ4v) is 4.16. The first-order valence-electron chi connectivity index (χ1n) is 9.33. The molecule has 0 aromatic heterocycles. The van der Waals surface area contributed by atoms with E-state index in [1.54, 1.807) is 23.1 Å². The third kappa shape index (κ3) is 2.90. The van der Waals surface area contributed by atoms with Crippen LogP contribution in [0.25, 0.3) is 11.1 Å². The maximum atomic E-state index is 14.0. The molecule has 1 aliphatic carbocycles. The molecule has 1 amide bonds. The van der Waals surface area contributed by atoms with Crippen molar-refractivity contribution in [2.45, 2.75) is 37.3 Å². The first-order valence-corrected chi connectivity index (χ1v) is 9.33. The van der Waals surface area contributed by atoms with Crippen LogP contribution in [0.1, 0.15) is 30.7 Å². The third-order valence-electron chi connectivity index (χ3n) is 5.92. The molecule has 1 saturated heterocycles. The maximum Gasteiger partial charge on any atom is 0.227 e. The van der Waals surface area contributed by atoms with Gasteiger partial charge in [-0.05, 0) is 30.0 Å². The van der Waals surface area contributed by atoms with Gasteiger partial charge in [0.2, 0.25) is 5.91 Å². The number of benzene rings is 2. The van der Waals surface area contributed by atoms with Crippen LogP contribution in [0.15, 0.2) is 48.5 Å². The van der Waals surface area contributed by atoms with Crippen LogP contribution < -0.4 is 0 Å². The monoisotopic (exact) mass is 364 g/mol. The summed E-state index contributed by atoms with van der Waals surface area (Å²) in [5.74, 6) is -0.515. The van der Waals surface area contributed by atoms with Gasteiger partial charge < -0.3 is 10.0 Å². The number of hydrogen-bond donors (Lipinski definition) is 1. The summed E-state index contributed by atoms with van der Waals surface area (Å²) in [4.78, 5) is 14.2. The molecule has 138 valence electrons. The van der Waals surface area contributed by atoms with Crippen LogP contribution in [-0.4, -0.2) is 34.6 Å². The first-order chi connectivity index (χ1) is 13.2. The molecular weight excluding hydrogens is 343 g/mol. The standard InChI is InChI=1S/C22H21FN2O2/c23-18-7-2-1-6-17(18)14-8-10-15(11-9-14)21-19(12-24)25(20(21)13-26)22(27)16-4-3-5-16/h1-2,6-11,16,19-21,26H,3-5,13H2/t19-,20-,21+/m1/s1. The van der Waals surface area contributed by atoms with E-state index in [-0.39, 0.29) is 36.2 Å². The minimum atomic E-state index is -0.561. The zero-order chi connectivity index (χ0) is 19.0. The van der Waals surface area contributed by atoms with Gasteiger partial charge in [-0.15, -0.1) is 0 Å². The van der Waals surface area contributed by atoms with Gasteiger partial charge >= 0.3 is 0 Å². The zero-order valence-electron chi connectivity index (χ0n) is 14.9. The normalized spacial score (nSPS) is 24.6. The Hall–Kier alpha value is -2.71. The number of carbonyl (C=O) groups excluding carboxylic acids is 1. The highest BCUT2D eigenvalue weighted by Gasteiger charge is 2.53. The molecular formula is C22H21FN2O2. The van der Waals surface area contributed by atoms with E-state index in [0.717, 1.165) is 30.4 Å². The zero-order valence-corrected chi connectivity index (χ0v) is 14.9. The summed E-state index contributed by atoms with van der Waals surface area (Å²) in [5, 5.41) is 19.5. The summed E-state index contributed by atoms with van der Waals surface area (Å²) in [6.07, 6.45) is 2.79. The lowest BCUT2D eigenvalue weighted by Gasteiger charge is -2.53. The van der Waals surface area contributed by atoms with Gasteiger partial charge in [-0.25, -0.2) is 4.39 Å². The molecule has 4 rings (SSSR count). The maximum absolute atomic E-state index is 14.0. The average Bonchev–Trinajstić information content (AvgIpc) is 2.61. The van der Waals surface area contributed by atoms with Crippen molar-refractivity contribution < 1.29 is 14.3 Å². The largest absolute Gasteiger partial charge is 0.394 e. The molecule has 0 unspecified atom stereocenters. The quantitative estimate of drug-likeness (QED) is 0.903. The fraction of sp³-hybridized carbons (Fsp3) is 0.364. The van der Waals surface area contributed by atoms with Crippen molar-refractivity contribution in [2.75, 3.05) is 6.61 Å². The van der Waals surface area contributed by atoms with E-state index in [1.807, 2.05) is 24.3 Å². The topological polar surface area (TPSA) is 64.3 Å². The molecule has 1 N–H and O–H groups in total. The van der Waals surface area contributed by atoms with Crippen molar-refractivity contribution in [3.63, 3.8) is 0 Å². The van der Waals surface area contributed by atoms with Crippen LogP contribution >= 0.6 is 0 Å². The number of amides is 1. The lowest BCUT2D eigenvalue weighted by atomic mass is 9.73. The SMILES string of the molecule is N#C[C@@H]1[C@H](c2ccc(-c3ccccc3F)cc2)[C@@H](CO)N1C(=O)C1CCC1. The average molecular weight is 364 g/mol. The van der Waals surface area contributed by atoms with E-state index < -0.39 is 6.04 Å². The molecule has 4 nitrogen and oxygen atoms in total. The van der Waals surface area contributed by atoms with Crippen molar-refractivity contribution in [2.24, 2.45) is 5.92 Å². The smallest absolute Gasteiger partial charge is 0.227 e. The molecule has 1 heterocycles. The van der Waals surface area contributed by atoms with E-state index in [4.69, 9.17) is 0 Å². The summed E-state index contributed by atoms with van der Waals surface area (Å²) >= 11 is 0. The van der Waals surface area contributed by atoms with Gasteiger partial charge in [-0.3, -0.25) is 4.79 Å². The van der Waals surface area contributed by atoms with Crippen LogP contribution in [0.4, 0.5) is 4.39 Å². The van der Waals surface area contributed by atoms with Crippen molar-refractivity contribution >= 4 is 5.91 Å². The minimum Gasteiger partial charge on any atom is -0.394 e. The lowest BCUT2D eigenvalue weighted by Crippen LogP contribution is -2.66. The summed E-state index contributed by atoms with van der Waals surface area (Å²) in [6.45, 7) is -0.170. The van der Waals surface area contributed by atoms with E-state index in [9.17, 15) is 19.6 Å². The van der Waals surface area contributed by atoms with E-state index >= 15 is 0 Å². The summed E-state index contributed by atoms with van der Waals surface area (Å²) in [5.41, 5.74) is 2.17. The number of hydrogen-bond acceptors (Lipinski definition) is 3. The second-order valence-electron chi connectivity index (χ2n) is 7.32. The van der Waals surface area contributed by atoms with Crippen LogP contribution in [0.2, 0.25) is 0 Å². The molecule has 0 bridgehead atoms. The Labute approximate surface area is 157 Å². The molecule has 0 spiro atoms. The summed E-state index contributed by atoms with van der Waals surface area (Å²) in [7, 11) is 0. The Bertz CT molecular complexity index is 886. The Morgan fingerprint density at radius 3 is 2.44 bits per heavy atom. The van der Waals surface area contributed by atoms with Crippen molar-refractivity contribution in [3.05, 3.63) is 59.9 Å². The molecule has 2 aliphatic rings. The number of aliphatic hydroxyl groups is 1. The van der Waals surface area contributed by atoms with Gasteiger partial charge in [0.15, 0.2) is 0 Å². The number of aliphatic hydroxyl groups excluding tert-OH is 1. The number of nitrogens with zero attached hydrogens (tertiary/aromatic N) is 2. The van der Waals surface area contributed by atoms with Crippen molar-refractivity contribution in [1.29, 1.82) is 5.26 Å². The molecule has 0 radical (unpaired) electrons. The molecule has 2 aromatic carbocycles. The Morgan fingerprint density at radius 1 is 1.19 bits per heavy atom. The van der Waals surface area contributed by atoms with Gasteiger partial charge in [0, 0.05) is 17.4 Å². The van der Waals surface area contributed by atoms with Gasteiger partial charge in [0.1, 0.15) is 11.9 Å². The summed E-state index contributed by atoms with van der Waals surface area (Å²) < 4.78 is 14.0. The fourth-order valence-electron chi connectivity index (χ4n) is 4.16. The highest BCUT2D eigenvalue weighted by Crippen LogP contribution is 2.43. The van der Waals surface area contributed by atoms with Crippen LogP contribution in [-0.2, 0) is 4.79 Å². The van der Waals surface area contributed by atoms with Crippen molar-refractivity contribution in [3.8, 4) is 17.2 Å². The molecule has 2 fully saturated rings. The molecule has 2 aromatic rings. The van der Waals surface area contributed by atoms with E-state index in [2.05, 4.69) is 6.07 Å². The first kappa shape index (κ1) is 17.7. The molecule has 1 saturated carbocycles. The minimum absolute atomic E-state index is 0.000665. The molecule has 5 heteroatoms. The van der Waals surface area contributed by atoms with E-state index in [0.29, 0.717) is 5.56 Å². The van der Waals surface area contributed by atoms with Gasteiger partial charge in [0.25, 0.3) is 0 Å². The molecule has 1 aliphatic heterocycles. The van der Waals surface area contributed by atoms with E-state index in [1.165, 1.54) is 6.07 Å². The van der Waals surface area contributed by atoms with Gasteiger partial charge in [0.05, 0.1) is 18.7 Å². The highest BCUT2D eigenvalue weighted by atomic mass is 19.1.